The number of hydrogen-bond donors (Lipinski definition) is 3. The molecular weight excluding hydrogens is 446 g/mol. The van der Waals surface area contributed by atoms with Crippen molar-refractivity contribution in [3.63, 3.8) is 0 Å². The monoisotopic (exact) mass is 479 g/mol. The highest BCUT2D eigenvalue weighted by molar-refractivity contribution is 5.87. The molecule has 1 unspecified atom stereocenters. The highest BCUT2D eigenvalue weighted by Crippen LogP contribution is 2.44. The van der Waals surface area contributed by atoms with Crippen molar-refractivity contribution < 1.29 is 24.2 Å². The van der Waals surface area contributed by atoms with Crippen LogP contribution >= 0.6 is 0 Å². The molecule has 2 aliphatic carbocycles. The lowest BCUT2D eigenvalue weighted by atomic mass is 9.92. The van der Waals surface area contributed by atoms with Gasteiger partial charge in [0.1, 0.15) is 12.6 Å². The van der Waals surface area contributed by atoms with Gasteiger partial charge in [0, 0.05) is 12.5 Å². The van der Waals surface area contributed by atoms with E-state index in [4.69, 9.17) is 4.74 Å². The summed E-state index contributed by atoms with van der Waals surface area (Å²) in [7, 11) is 3.62. The quantitative estimate of drug-likeness (QED) is 0.509. The zero-order valence-electron chi connectivity index (χ0n) is 20.3. The topological polar surface area (TPSA) is 108 Å². The number of amides is 2. The first kappa shape index (κ1) is 24.7. The minimum Gasteiger partial charge on any atom is -0.481 e. The van der Waals surface area contributed by atoms with Gasteiger partial charge in [-0.2, -0.15) is 0 Å². The molecule has 0 bridgehead atoms. The Morgan fingerprint density at radius 1 is 1.03 bits per heavy atom. The van der Waals surface area contributed by atoms with Crippen LogP contribution in [0.2, 0.25) is 0 Å². The molecule has 0 spiro atoms. The average molecular weight is 480 g/mol. The highest BCUT2D eigenvalue weighted by Gasteiger charge is 2.39. The predicted molar refractivity (Wildman–Crippen MR) is 132 cm³/mol. The van der Waals surface area contributed by atoms with Gasteiger partial charge in [-0.1, -0.05) is 61.4 Å². The number of alkyl carbamates (subject to hydrolysis) is 1. The Labute approximate surface area is 205 Å². The summed E-state index contributed by atoms with van der Waals surface area (Å²) in [6.45, 7) is 0.415. The molecule has 35 heavy (non-hydrogen) atoms. The van der Waals surface area contributed by atoms with Crippen LogP contribution in [0.15, 0.2) is 48.5 Å². The molecule has 0 radical (unpaired) electrons. The third-order valence-electron chi connectivity index (χ3n) is 6.94. The first-order valence-corrected chi connectivity index (χ1v) is 12.1. The molecule has 8 heteroatoms. The molecule has 1 saturated carbocycles. The molecular formula is C27H33N3O5. The van der Waals surface area contributed by atoms with E-state index in [2.05, 4.69) is 22.8 Å². The molecule has 186 valence electrons. The number of carbonyl (C=O) groups excluding carboxylic acids is 2. The molecule has 0 saturated heterocycles. The number of rotatable bonds is 9. The number of carboxylic acids is 1. The van der Waals surface area contributed by atoms with Crippen LogP contribution in [0.25, 0.3) is 11.1 Å². The summed E-state index contributed by atoms with van der Waals surface area (Å²) >= 11 is 0. The van der Waals surface area contributed by atoms with Crippen molar-refractivity contribution in [3.05, 3.63) is 59.7 Å². The van der Waals surface area contributed by atoms with Crippen LogP contribution in [0, 0.1) is 0 Å². The van der Waals surface area contributed by atoms with E-state index < -0.39 is 29.6 Å². The van der Waals surface area contributed by atoms with Gasteiger partial charge in [-0.25, -0.2) is 4.79 Å². The van der Waals surface area contributed by atoms with Gasteiger partial charge in [-0.05, 0) is 49.2 Å². The summed E-state index contributed by atoms with van der Waals surface area (Å²) in [5.74, 6) is -1.41. The van der Waals surface area contributed by atoms with E-state index in [1.54, 1.807) is 4.90 Å². The van der Waals surface area contributed by atoms with Crippen molar-refractivity contribution in [1.82, 2.24) is 15.5 Å². The zero-order chi connectivity index (χ0) is 25.0. The molecule has 0 aliphatic heterocycles. The van der Waals surface area contributed by atoms with Crippen LogP contribution in [-0.4, -0.2) is 66.8 Å². The summed E-state index contributed by atoms with van der Waals surface area (Å²) in [6.07, 6.45) is 2.16. The van der Waals surface area contributed by atoms with E-state index in [0.717, 1.165) is 35.1 Å². The summed E-state index contributed by atoms with van der Waals surface area (Å²) in [6, 6.07) is 15.3. The van der Waals surface area contributed by atoms with E-state index >= 15 is 0 Å². The Morgan fingerprint density at radius 3 is 2.14 bits per heavy atom. The first-order valence-electron chi connectivity index (χ1n) is 12.1. The molecule has 2 aliphatic rings. The van der Waals surface area contributed by atoms with Crippen LogP contribution in [0.1, 0.15) is 49.1 Å². The fourth-order valence-electron chi connectivity index (χ4n) is 5.38. The number of likely N-dealkylation sites (N-methyl/N-ethyl adjacent to an activating group) is 1. The Hall–Kier alpha value is -3.39. The van der Waals surface area contributed by atoms with Crippen LogP contribution in [0.5, 0.6) is 0 Å². The second-order valence-corrected chi connectivity index (χ2v) is 9.83. The molecule has 4 rings (SSSR count). The van der Waals surface area contributed by atoms with E-state index in [9.17, 15) is 19.5 Å². The highest BCUT2D eigenvalue weighted by atomic mass is 16.5. The van der Waals surface area contributed by atoms with Crippen molar-refractivity contribution in [3.8, 4) is 11.1 Å². The van der Waals surface area contributed by atoms with E-state index in [1.807, 2.05) is 50.5 Å². The molecule has 0 aromatic heterocycles. The van der Waals surface area contributed by atoms with Crippen LogP contribution in [0.4, 0.5) is 4.79 Å². The summed E-state index contributed by atoms with van der Waals surface area (Å²) in [4.78, 5) is 39.1. The smallest absolute Gasteiger partial charge is 0.407 e. The van der Waals surface area contributed by atoms with Gasteiger partial charge in [0.2, 0.25) is 5.91 Å². The molecule has 2 aromatic carbocycles. The van der Waals surface area contributed by atoms with Gasteiger partial charge in [0.25, 0.3) is 0 Å². The van der Waals surface area contributed by atoms with E-state index in [1.165, 1.54) is 0 Å². The number of carbonyl (C=O) groups is 3. The normalized spacial score (nSPS) is 16.9. The molecule has 1 fully saturated rings. The Kier molecular flexibility index (Phi) is 7.40. The number of aliphatic carboxylic acids is 1. The minimum atomic E-state index is -0.944. The standard InChI is InChI=1S/C27H33N3O5/c1-30(2)16-23(25(33)29-27(15-24(31)32)13-7-8-14-27)28-26(34)35-17-22-20-11-5-3-9-18(20)19-10-4-6-12-21(19)22/h3-6,9-12,22-23H,7-8,13-17H2,1-2H3,(H,28,34)(H,29,33)(H,31,32). The number of benzene rings is 2. The van der Waals surface area contributed by atoms with Gasteiger partial charge in [0.05, 0.1) is 12.0 Å². The fourth-order valence-corrected chi connectivity index (χ4v) is 5.38. The summed E-state index contributed by atoms with van der Waals surface area (Å²) < 4.78 is 5.62. The molecule has 1 atom stereocenters. The Bertz CT molecular complexity index is 1050. The number of hydrogen-bond acceptors (Lipinski definition) is 5. The van der Waals surface area contributed by atoms with Crippen LogP contribution in [0.3, 0.4) is 0 Å². The minimum absolute atomic E-state index is 0.0772. The first-order chi connectivity index (χ1) is 16.8. The maximum Gasteiger partial charge on any atom is 0.407 e. The summed E-state index contributed by atoms with van der Waals surface area (Å²) in [5, 5.41) is 15.0. The maximum absolute atomic E-state index is 13.1. The largest absolute Gasteiger partial charge is 0.481 e. The molecule has 3 N–H and O–H groups in total. The van der Waals surface area contributed by atoms with Crippen LogP contribution < -0.4 is 10.6 Å². The van der Waals surface area contributed by atoms with Gasteiger partial charge in [0.15, 0.2) is 0 Å². The lowest BCUT2D eigenvalue weighted by Gasteiger charge is -2.31. The summed E-state index contributed by atoms with van der Waals surface area (Å²) in [5.41, 5.74) is 3.74. The van der Waals surface area contributed by atoms with Crippen molar-refractivity contribution >= 4 is 18.0 Å². The van der Waals surface area contributed by atoms with Gasteiger partial charge >= 0.3 is 12.1 Å². The molecule has 2 amide bonds. The number of nitrogens with one attached hydrogen (secondary N) is 2. The van der Waals surface area contributed by atoms with E-state index in [0.29, 0.717) is 12.8 Å². The molecule has 0 heterocycles. The average Bonchev–Trinajstić information content (AvgIpc) is 3.39. The fraction of sp³-hybridized carbons (Fsp3) is 0.444. The van der Waals surface area contributed by atoms with Crippen molar-refractivity contribution in [1.29, 1.82) is 0 Å². The Balaban J connectivity index is 1.42. The third-order valence-corrected chi connectivity index (χ3v) is 6.94. The van der Waals surface area contributed by atoms with Gasteiger partial charge < -0.3 is 25.4 Å². The lowest BCUT2D eigenvalue weighted by Crippen LogP contribution is -2.57. The van der Waals surface area contributed by atoms with E-state index in [-0.39, 0.29) is 25.5 Å². The van der Waals surface area contributed by atoms with Crippen LogP contribution in [-0.2, 0) is 14.3 Å². The number of nitrogens with zero attached hydrogens (tertiary/aromatic N) is 1. The number of carboxylic acid groups (broad SMARTS) is 1. The number of fused-ring (bicyclic) bond motifs is 3. The third kappa shape index (κ3) is 5.65. The molecule has 8 nitrogen and oxygen atoms in total. The molecule has 2 aromatic rings. The second kappa shape index (κ2) is 10.5. The SMILES string of the molecule is CN(C)CC(NC(=O)OCC1c2ccccc2-c2ccccc21)C(=O)NC1(CC(=O)O)CCCC1. The van der Waals surface area contributed by atoms with Crippen molar-refractivity contribution in [2.45, 2.75) is 49.6 Å². The lowest BCUT2D eigenvalue weighted by molar-refractivity contribution is -0.139. The van der Waals surface area contributed by atoms with Gasteiger partial charge in [-0.15, -0.1) is 0 Å². The Morgan fingerprint density at radius 2 is 1.60 bits per heavy atom. The maximum atomic E-state index is 13.1. The van der Waals surface area contributed by atoms with Gasteiger partial charge in [-0.3, -0.25) is 9.59 Å². The predicted octanol–water partition coefficient (Wildman–Crippen LogP) is 3.36. The van der Waals surface area contributed by atoms with Crippen molar-refractivity contribution in [2.24, 2.45) is 0 Å². The zero-order valence-corrected chi connectivity index (χ0v) is 20.3. The number of ether oxygens (including phenoxy) is 1. The second-order valence-electron chi connectivity index (χ2n) is 9.83. The van der Waals surface area contributed by atoms with Crippen molar-refractivity contribution in [2.75, 3.05) is 27.2 Å².